The summed E-state index contributed by atoms with van der Waals surface area (Å²) in [6.07, 6.45) is 0. The normalized spacial score (nSPS) is 11.4. The summed E-state index contributed by atoms with van der Waals surface area (Å²) >= 11 is 3.50. The van der Waals surface area contributed by atoms with Gasteiger partial charge in [0.05, 0.1) is 14.2 Å². The van der Waals surface area contributed by atoms with Crippen LogP contribution in [0, 0.1) is 0 Å². The van der Waals surface area contributed by atoms with Crippen molar-refractivity contribution < 1.29 is 9.47 Å². The average Bonchev–Trinajstić information content (AvgIpc) is 2.25. The number of hydrogen-bond acceptors (Lipinski definition) is 3. The standard InChI is InChI=1S/C13H20BrNO2/c1-13(2,3)15-8-9-6-7-10(16-4)11(14)12(9)17-5/h6-7,15H,8H2,1-5H3. The maximum Gasteiger partial charge on any atom is 0.141 e. The number of rotatable bonds is 4. The second kappa shape index (κ2) is 5.74. The Morgan fingerprint density at radius 2 is 1.82 bits per heavy atom. The van der Waals surface area contributed by atoms with Crippen molar-refractivity contribution in [2.75, 3.05) is 14.2 Å². The summed E-state index contributed by atoms with van der Waals surface area (Å²) in [7, 11) is 3.31. The van der Waals surface area contributed by atoms with Gasteiger partial charge in [-0.2, -0.15) is 0 Å². The molecule has 1 N–H and O–H groups in total. The second-order valence-corrected chi connectivity index (χ2v) is 5.67. The van der Waals surface area contributed by atoms with E-state index < -0.39 is 0 Å². The zero-order valence-corrected chi connectivity index (χ0v) is 12.6. The van der Waals surface area contributed by atoms with E-state index in [1.807, 2.05) is 12.1 Å². The van der Waals surface area contributed by atoms with Crippen LogP contribution in [0.1, 0.15) is 26.3 Å². The molecule has 17 heavy (non-hydrogen) atoms. The molecule has 0 saturated carbocycles. The van der Waals surface area contributed by atoms with Gasteiger partial charge in [0.1, 0.15) is 16.0 Å². The molecule has 0 bridgehead atoms. The van der Waals surface area contributed by atoms with Gasteiger partial charge in [0.2, 0.25) is 0 Å². The lowest BCUT2D eigenvalue weighted by molar-refractivity contribution is 0.377. The predicted molar refractivity (Wildman–Crippen MR) is 73.8 cm³/mol. The van der Waals surface area contributed by atoms with Gasteiger partial charge < -0.3 is 14.8 Å². The highest BCUT2D eigenvalue weighted by atomic mass is 79.9. The van der Waals surface area contributed by atoms with Gasteiger partial charge in [0.25, 0.3) is 0 Å². The summed E-state index contributed by atoms with van der Waals surface area (Å²) in [5.41, 5.74) is 1.19. The van der Waals surface area contributed by atoms with Crippen molar-refractivity contribution in [3.8, 4) is 11.5 Å². The lowest BCUT2D eigenvalue weighted by Crippen LogP contribution is -2.35. The zero-order valence-electron chi connectivity index (χ0n) is 11.1. The lowest BCUT2D eigenvalue weighted by Gasteiger charge is -2.22. The fraction of sp³-hybridized carbons (Fsp3) is 0.538. The minimum Gasteiger partial charge on any atom is -0.495 e. The Morgan fingerprint density at radius 1 is 1.18 bits per heavy atom. The molecule has 0 fully saturated rings. The van der Waals surface area contributed by atoms with Crippen LogP contribution in [0.25, 0.3) is 0 Å². The number of halogens is 1. The molecule has 0 amide bonds. The topological polar surface area (TPSA) is 30.5 Å². The summed E-state index contributed by atoms with van der Waals surface area (Å²) < 4.78 is 11.5. The fourth-order valence-electron chi connectivity index (χ4n) is 1.46. The maximum atomic E-state index is 5.42. The minimum absolute atomic E-state index is 0.0808. The molecule has 0 heterocycles. The molecule has 0 aliphatic heterocycles. The summed E-state index contributed by atoms with van der Waals surface area (Å²) in [5.74, 6) is 1.60. The Bertz CT molecular complexity index is 386. The zero-order chi connectivity index (χ0) is 13.1. The van der Waals surface area contributed by atoms with E-state index >= 15 is 0 Å². The first kappa shape index (κ1) is 14.3. The number of ether oxygens (including phenoxy) is 2. The Hall–Kier alpha value is -0.740. The molecule has 0 saturated heterocycles. The largest absolute Gasteiger partial charge is 0.495 e. The van der Waals surface area contributed by atoms with Crippen molar-refractivity contribution in [3.05, 3.63) is 22.2 Å². The van der Waals surface area contributed by atoms with Gasteiger partial charge in [-0.25, -0.2) is 0 Å². The first-order valence-electron chi connectivity index (χ1n) is 5.53. The SMILES string of the molecule is COc1ccc(CNC(C)(C)C)c(OC)c1Br. The molecule has 1 rings (SSSR count). The number of benzene rings is 1. The molecule has 0 aromatic heterocycles. The first-order chi connectivity index (χ1) is 7.89. The van der Waals surface area contributed by atoms with Crippen molar-refractivity contribution in [3.63, 3.8) is 0 Å². The van der Waals surface area contributed by atoms with Crippen LogP contribution in [0.15, 0.2) is 16.6 Å². The molecule has 96 valence electrons. The predicted octanol–water partition coefficient (Wildman–Crippen LogP) is 3.35. The summed E-state index contributed by atoms with van der Waals surface area (Å²) in [5, 5.41) is 3.44. The van der Waals surface area contributed by atoms with Crippen LogP contribution in [-0.2, 0) is 6.54 Å². The molecular formula is C13H20BrNO2. The molecule has 3 nitrogen and oxygen atoms in total. The van der Waals surface area contributed by atoms with Crippen molar-refractivity contribution in [1.82, 2.24) is 5.32 Å². The van der Waals surface area contributed by atoms with Crippen molar-refractivity contribution in [2.45, 2.75) is 32.9 Å². The maximum absolute atomic E-state index is 5.42. The van der Waals surface area contributed by atoms with Crippen LogP contribution in [0.3, 0.4) is 0 Å². The molecule has 0 aliphatic rings. The van der Waals surface area contributed by atoms with Crippen molar-refractivity contribution in [1.29, 1.82) is 0 Å². The highest BCUT2D eigenvalue weighted by molar-refractivity contribution is 9.10. The monoisotopic (exact) mass is 301 g/mol. The van der Waals surface area contributed by atoms with E-state index in [2.05, 4.69) is 42.0 Å². The molecule has 0 spiro atoms. The molecule has 0 aliphatic carbocycles. The highest BCUT2D eigenvalue weighted by Gasteiger charge is 2.15. The third-order valence-corrected chi connectivity index (χ3v) is 3.13. The van der Waals surface area contributed by atoms with Crippen molar-refractivity contribution in [2.24, 2.45) is 0 Å². The smallest absolute Gasteiger partial charge is 0.141 e. The Kier molecular flexibility index (Phi) is 4.83. The van der Waals surface area contributed by atoms with E-state index in [1.54, 1.807) is 14.2 Å². The van der Waals surface area contributed by atoms with Crippen LogP contribution in [-0.4, -0.2) is 19.8 Å². The van der Waals surface area contributed by atoms with Crippen LogP contribution in [0.4, 0.5) is 0 Å². The van der Waals surface area contributed by atoms with Gasteiger partial charge in [0, 0.05) is 17.6 Å². The molecule has 0 atom stereocenters. The summed E-state index contributed by atoms with van der Waals surface area (Å²) in [6.45, 7) is 7.17. The quantitative estimate of drug-likeness (QED) is 0.925. The molecule has 1 aromatic rings. The Balaban J connectivity index is 2.97. The number of methoxy groups -OCH3 is 2. The molecule has 4 heteroatoms. The van der Waals surface area contributed by atoms with Gasteiger partial charge in [-0.15, -0.1) is 0 Å². The fourth-order valence-corrected chi connectivity index (χ4v) is 2.17. The molecule has 0 unspecified atom stereocenters. The Labute approximate surface area is 112 Å². The van der Waals surface area contributed by atoms with Gasteiger partial charge in [-0.3, -0.25) is 0 Å². The van der Waals surface area contributed by atoms with E-state index in [-0.39, 0.29) is 5.54 Å². The van der Waals surface area contributed by atoms with E-state index in [1.165, 1.54) is 0 Å². The van der Waals surface area contributed by atoms with E-state index in [4.69, 9.17) is 9.47 Å². The number of nitrogens with one attached hydrogen (secondary N) is 1. The second-order valence-electron chi connectivity index (χ2n) is 4.88. The lowest BCUT2D eigenvalue weighted by atomic mass is 10.1. The number of hydrogen-bond donors (Lipinski definition) is 1. The van der Waals surface area contributed by atoms with E-state index in [9.17, 15) is 0 Å². The van der Waals surface area contributed by atoms with E-state index in [0.29, 0.717) is 0 Å². The summed E-state index contributed by atoms with van der Waals surface area (Å²) in [4.78, 5) is 0. The van der Waals surface area contributed by atoms with Crippen molar-refractivity contribution >= 4 is 15.9 Å². The molecule has 1 aromatic carbocycles. The van der Waals surface area contributed by atoms with Gasteiger partial charge >= 0.3 is 0 Å². The third kappa shape index (κ3) is 3.89. The van der Waals surface area contributed by atoms with Gasteiger partial charge in [0.15, 0.2) is 0 Å². The van der Waals surface area contributed by atoms with E-state index in [0.717, 1.165) is 28.1 Å². The highest BCUT2D eigenvalue weighted by Crippen LogP contribution is 2.37. The Morgan fingerprint density at radius 3 is 2.29 bits per heavy atom. The van der Waals surface area contributed by atoms with Gasteiger partial charge in [-0.05, 0) is 42.8 Å². The minimum atomic E-state index is 0.0808. The average molecular weight is 302 g/mol. The first-order valence-corrected chi connectivity index (χ1v) is 6.32. The summed E-state index contributed by atoms with van der Waals surface area (Å²) in [6, 6.07) is 3.95. The molecule has 0 radical (unpaired) electrons. The van der Waals surface area contributed by atoms with Gasteiger partial charge in [-0.1, -0.05) is 6.07 Å². The van der Waals surface area contributed by atoms with Crippen LogP contribution in [0.2, 0.25) is 0 Å². The van der Waals surface area contributed by atoms with Crippen LogP contribution in [0.5, 0.6) is 11.5 Å². The molecular weight excluding hydrogens is 282 g/mol. The van der Waals surface area contributed by atoms with Crippen LogP contribution < -0.4 is 14.8 Å². The van der Waals surface area contributed by atoms with Crippen LogP contribution >= 0.6 is 15.9 Å². The third-order valence-electron chi connectivity index (χ3n) is 2.38.